The maximum atomic E-state index is 11.7. The van der Waals surface area contributed by atoms with Crippen molar-refractivity contribution in [1.82, 2.24) is 4.72 Å². The fraction of sp³-hybridized carbons (Fsp3) is 0.455. The van der Waals surface area contributed by atoms with Crippen molar-refractivity contribution in [3.8, 4) is 11.5 Å². The van der Waals surface area contributed by atoms with Gasteiger partial charge in [-0.25, -0.2) is 13.1 Å². The summed E-state index contributed by atoms with van der Waals surface area (Å²) in [5, 5.41) is 0. The van der Waals surface area contributed by atoms with Crippen LogP contribution >= 0.6 is 0 Å². The summed E-state index contributed by atoms with van der Waals surface area (Å²) in [6.45, 7) is 3.15. The Balaban J connectivity index is 1.65. The molecular formula is C22H29NO4S. The molecule has 0 aromatic heterocycles. The molecule has 1 aliphatic rings. The van der Waals surface area contributed by atoms with E-state index in [1.165, 1.54) is 11.1 Å². The van der Waals surface area contributed by atoms with Crippen LogP contribution < -0.4 is 14.2 Å². The van der Waals surface area contributed by atoms with E-state index >= 15 is 0 Å². The first-order valence-corrected chi connectivity index (χ1v) is 11.6. The Labute approximate surface area is 168 Å². The zero-order chi connectivity index (χ0) is 19.8. The van der Waals surface area contributed by atoms with Crippen molar-refractivity contribution >= 4 is 10.0 Å². The van der Waals surface area contributed by atoms with Gasteiger partial charge in [0, 0.05) is 12.1 Å². The largest absolute Gasteiger partial charge is 0.493 e. The van der Waals surface area contributed by atoms with E-state index < -0.39 is 10.0 Å². The summed E-state index contributed by atoms with van der Waals surface area (Å²) >= 11 is 0. The molecule has 3 rings (SSSR count). The molecule has 152 valence electrons. The molecule has 0 bridgehead atoms. The van der Waals surface area contributed by atoms with E-state index in [2.05, 4.69) is 35.1 Å². The molecule has 28 heavy (non-hydrogen) atoms. The number of rotatable bonds is 9. The summed E-state index contributed by atoms with van der Waals surface area (Å²) in [5.41, 5.74) is 2.49. The van der Waals surface area contributed by atoms with Crippen LogP contribution in [0.4, 0.5) is 0 Å². The van der Waals surface area contributed by atoms with Gasteiger partial charge in [0.1, 0.15) is 18.1 Å². The van der Waals surface area contributed by atoms with Crippen LogP contribution in [0.1, 0.15) is 43.2 Å². The van der Waals surface area contributed by atoms with Crippen molar-refractivity contribution in [2.45, 2.75) is 38.5 Å². The van der Waals surface area contributed by atoms with Crippen molar-refractivity contribution in [3.63, 3.8) is 0 Å². The van der Waals surface area contributed by atoms with Crippen LogP contribution in [0.25, 0.3) is 0 Å². The minimum atomic E-state index is -3.20. The third-order valence-corrected chi connectivity index (χ3v) is 6.46. The monoisotopic (exact) mass is 403 g/mol. The van der Waals surface area contributed by atoms with Crippen LogP contribution in [0.5, 0.6) is 11.5 Å². The van der Waals surface area contributed by atoms with Gasteiger partial charge in [0.15, 0.2) is 0 Å². The fourth-order valence-corrected chi connectivity index (χ4v) is 4.63. The molecule has 0 radical (unpaired) electrons. The van der Waals surface area contributed by atoms with Gasteiger partial charge in [-0.2, -0.15) is 0 Å². The molecule has 2 aromatic carbocycles. The predicted molar refractivity (Wildman–Crippen MR) is 112 cm³/mol. The quantitative estimate of drug-likeness (QED) is 0.645. The van der Waals surface area contributed by atoms with E-state index in [0.29, 0.717) is 18.9 Å². The second-order valence-electron chi connectivity index (χ2n) is 7.14. The average molecular weight is 404 g/mol. The highest BCUT2D eigenvalue weighted by molar-refractivity contribution is 7.89. The lowest BCUT2D eigenvalue weighted by molar-refractivity contribution is 0.311. The Bertz CT molecular complexity index is 852. The molecule has 1 aliphatic heterocycles. The summed E-state index contributed by atoms with van der Waals surface area (Å²) in [5.74, 6) is 2.20. The molecule has 0 amide bonds. The molecule has 2 aromatic rings. The predicted octanol–water partition coefficient (Wildman–Crippen LogP) is 3.89. The van der Waals surface area contributed by atoms with E-state index in [-0.39, 0.29) is 12.3 Å². The molecule has 1 N–H and O–H groups in total. The number of fused-ring (bicyclic) bond motifs is 1. The molecule has 0 fully saturated rings. The summed E-state index contributed by atoms with van der Waals surface area (Å²) < 4.78 is 37.7. The molecule has 5 nitrogen and oxygen atoms in total. The van der Waals surface area contributed by atoms with Gasteiger partial charge in [-0.3, -0.25) is 0 Å². The number of ether oxygens (including phenoxy) is 2. The lowest BCUT2D eigenvalue weighted by Gasteiger charge is -2.18. The van der Waals surface area contributed by atoms with Crippen molar-refractivity contribution in [1.29, 1.82) is 0 Å². The second-order valence-corrected chi connectivity index (χ2v) is 9.07. The van der Waals surface area contributed by atoms with Crippen LogP contribution in [0.15, 0.2) is 48.5 Å². The maximum absolute atomic E-state index is 11.7. The van der Waals surface area contributed by atoms with Crippen LogP contribution in [0.2, 0.25) is 0 Å². The number of sulfonamides is 1. The van der Waals surface area contributed by atoms with E-state index in [0.717, 1.165) is 37.4 Å². The average Bonchev–Trinajstić information content (AvgIpc) is 2.88. The van der Waals surface area contributed by atoms with E-state index in [1.807, 2.05) is 25.1 Å². The number of hydrogen-bond acceptors (Lipinski definition) is 4. The Morgan fingerprint density at radius 3 is 2.79 bits per heavy atom. The third-order valence-electron chi connectivity index (χ3n) is 4.87. The fourth-order valence-electron chi connectivity index (χ4n) is 3.55. The van der Waals surface area contributed by atoms with Crippen molar-refractivity contribution in [3.05, 3.63) is 59.7 Å². The lowest BCUT2D eigenvalue weighted by Crippen LogP contribution is -2.30. The Hall–Kier alpha value is -2.05. The van der Waals surface area contributed by atoms with Gasteiger partial charge in [0.05, 0.1) is 12.4 Å². The molecule has 1 heterocycles. The van der Waals surface area contributed by atoms with Gasteiger partial charge in [0.25, 0.3) is 0 Å². The van der Waals surface area contributed by atoms with Crippen LogP contribution in [-0.4, -0.2) is 33.9 Å². The second kappa shape index (κ2) is 9.94. The Kier molecular flexibility index (Phi) is 7.34. The zero-order valence-corrected chi connectivity index (χ0v) is 17.2. The van der Waals surface area contributed by atoms with Crippen LogP contribution in [0.3, 0.4) is 0 Å². The first-order valence-electron chi connectivity index (χ1n) is 9.98. The molecule has 1 unspecified atom stereocenters. The minimum absolute atomic E-state index is 0.143. The Morgan fingerprint density at radius 2 is 2.00 bits per heavy atom. The smallest absolute Gasteiger partial charge is 0.211 e. The van der Waals surface area contributed by atoms with Gasteiger partial charge in [0.2, 0.25) is 10.0 Å². The standard InChI is InChI=1S/C22H29NO4S/c1-2-15-28(24,25)23-12-14-26-20-10-11-22-21(17-20)19(9-6-13-27-22)16-18-7-4-3-5-8-18/h3-5,7-8,10-11,17,19,23H,2,6,9,12-16H2,1H3. The summed E-state index contributed by atoms with van der Waals surface area (Å²) in [7, 11) is -3.20. The Morgan fingerprint density at radius 1 is 1.18 bits per heavy atom. The van der Waals surface area contributed by atoms with Gasteiger partial charge in [-0.05, 0) is 55.4 Å². The van der Waals surface area contributed by atoms with Gasteiger partial charge >= 0.3 is 0 Å². The molecule has 0 saturated heterocycles. The first-order chi connectivity index (χ1) is 13.6. The van der Waals surface area contributed by atoms with Gasteiger partial charge in [-0.15, -0.1) is 0 Å². The SMILES string of the molecule is CCCS(=O)(=O)NCCOc1ccc2c(c1)C(Cc1ccccc1)CCCO2. The van der Waals surface area contributed by atoms with Gasteiger partial charge in [-0.1, -0.05) is 37.3 Å². The van der Waals surface area contributed by atoms with Crippen LogP contribution in [-0.2, 0) is 16.4 Å². The number of hydrogen-bond donors (Lipinski definition) is 1. The molecule has 1 atom stereocenters. The number of benzene rings is 2. The summed E-state index contributed by atoms with van der Waals surface area (Å²) in [4.78, 5) is 0. The molecule has 0 spiro atoms. The maximum Gasteiger partial charge on any atom is 0.211 e. The minimum Gasteiger partial charge on any atom is -0.493 e. The lowest BCUT2D eigenvalue weighted by atomic mass is 9.88. The third kappa shape index (κ3) is 5.97. The highest BCUT2D eigenvalue weighted by atomic mass is 32.2. The number of nitrogens with one attached hydrogen (secondary N) is 1. The van der Waals surface area contributed by atoms with E-state index in [9.17, 15) is 8.42 Å². The van der Waals surface area contributed by atoms with E-state index in [4.69, 9.17) is 9.47 Å². The normalized spacial score (nSPS) is 16.7. The molecule has 0 aliphatic carbocycles. The summed E-state index contributed by atoms with van der Waals surface area (Å²) in [6, 6.07) is 16.4. The van der Waals surface area contributed by atoms with Gasteiger partial charge < -0.3 is 9.47 Å². The van der Waals surface area contributed by atoms with Crippen molar-refractivity contribution < 1.29 is 17.9 Å². The topological polar surface area (TPSA) is 64.6 Å². The van der Waals surface area contributed by atoms with Crippen molar-refractivity contribution in [2.24, 2.45) is 0 Å². The zero-order valence-electron chi connectivity index (χ0n) is 16.4. The van der Waals surface area contributed by atoms with E-state index in [1.54, 1.807) is 0 Å². The molecule has 0 saturated carbocycles. The summed E-state index contributed by atoms with van der Waals surface area (Å²) in [6.07, 6.45) is 3.67. The first kappa shape index (κ1) is 20.7. The molecule has 6 heteroatoms. The van der Waals surface area contributed by atoms with Crippen molar-refractivity contribution in [2.75, 3.05) is 25.5 Å². The molecular weight excluding hydrogens is 374 g/mol. The van der Waals surface area contributed by atoms with Crippen LogP contribution in [0, 0.1) is 0 Å². The highest BCUT2D eigenvalue weighted by Crippen LogP contribution is 2.37. The highest BCUT2D eigenvalue weighted by Gasteiger charge is 2.21.